The van der Waals surface area contributed by atoms with Crippen molar-refractivity contribution < 1.29 is 240 Å². The predicted octanol–water partition coefficient (Wildman–Crippen LogP) is -14.5. The van der Waals surface area contributed by atoms with E-state index < -0.39 is 349 Å². The van der Waals surface area contributed by atoms with E-state index in [0.717, 1.165) is 0 Å². The topological polar surface area (TPSA) is 738 Å². The third-order valence-corrected chi connectivity index (χ3v) is 17.3. The van der Waals surface area contributed by atoms with Crippen LogP contribution in [0.1, 0.15) is 0 Å². The highest BCUT2D eigenvalue weighted by molar-refractivity contribution is 5.70. The van der Waals surface area contributed by atoms with Crippen LogP contribution in [0.25, 0.3) is 0 Å². The van der Waals surface area contributed by atoms with Crippen LogP contribution in [0.3, 0.4) is 0 Å². The van der Waals surface area contributed by atoms with Crippen LogP contribution in [0.4, 0.5) is 0 Å². The summed E-state index contributed by atoms with van der Waals surface area (Å²) in [7, 11) is 0. The second-order valence-electron chi connectivity index (χ2n) is 24.5. The fourth-order valence-corrected chi connectivity index (χ4v) is 12.5. The van der Waals surface area contributed by atoms with E-state index in [1.54, 1.807) is 0 Å². The van der Waals surface area contributed by atoms with Gasteiger partial charge in [0.05, 0.1) is 46.2 Å². The number of aliphatic hydroxyl groups excluding tert-OH is 14. The van der Waals surface area contributed by atoms with Crippen LogP contribution in [0, 0.1) is 0 Å². The maximum atomic E-state index is 12.1. The Balaban J connectivity index is 1.23. The molecule has 21 aliphatic heterocycles. The summed E-state index contributed by atoms with van der Waals surface area (Å²) in [6, 6.07) is 0. The molecule has 21 fully saturated rings. The van der Waals surface area contributed by atoms with E-state index in [9.17, 15) is 141 Å². The second-order valence-corrected chi connectivity index (χ2v) is 24.5. The van der Waals surface area contributed by atoms with Crippen molar-refractivity contribution >= 4 is 41.8 Å². The molecule has 49 nitrogen and oxygen atoms in total. The van der Waals surface area contributed by atoms with E-state index in [-0.39, 0.29) is 0 Å². The van der Waals surface area contributed by atoms with E-state index in [0.29, 0.717) is 0 Å². The molecular formula is C56H84O49. The summed E-state index contributed by atoms with van der Waals surface area (Å²) in [5.41, 5.74) is 0. The molecule has 1 unspecified atom stereocenters. The van der Waals surface area contributed by atoms with Crippen LogP contribution in [-0.2, 0) is 133 Å². The SMILES string of the molecule is O=C(O)COC[C@H]1O[C@@H]2O[C@H]3[C@H](OCC(=O)O)[C@@H](O)[C@@H](O[C@H]4[C@H](OCC(=O)O)[C@@H](O)[C@@H](O[C@H]5[C@H](OCC(=O)O)[C@@H](O)[C@@H](O[C@H]6[C@H](OCC(=O)O)[C@@H](O)[C@@H](O[C@H]7[C@H](O)[C@@H](O)[C@@H](O[C@H]8[C@H](O)C(O)[C@@H](O[C@H]1[C@H](O)[C@H]2O)O[C@@H]8COCC(=O)O)O[C@@H]7COCC(=O)O)O[C@@H]6CO)O[C@@H]5CO)O[C@@H]4CO)O[C@@H]3CO. The Kier molecular flexibility index (Phi) is 31.8. The Labute approximate surface area is 588 Å². The standard InChI is InChI=1S/C56H84O49/c57-1-15-42-47(89-12-26(69)70)36(82)54(93-15)104-44-17(3-59)95-56(38(84)49(44)91-14-28(73)74)105-45-18(4-60)94-55(37(83)48(45)90-13-27(71)72)103-43-16(2-58)92-53(35(81)46(43)88-11-25(67)68)101-41-21(7-87-10-24(65)66)97-51(33(79)30(41)76)99-39-19(5-85-8-22(61)62)96-50(32(78)29(39)75)100-40-20(6-86-9-23(63)64)98-52(102-42)34(80)31(40)77/h15-21,29-60,75-84H,1-14H2,(H,61,62)(H,63,64)(H,65,66)(H,67,68)(H,69,70)(H,71,72)(H,73,74)/t15-,16-,17-,18-,19-,20-,21-,29-,30-,31-,32?,33-,34-,35-,36-,37-,38-,39-,40-,41-,42-,43-,44-,45-,46-,47-,48-,49-,50-,51-,52-,53-,54-,55-,56-/m1/s1. The molecule has 0 spiro atoms. The lowest BCUT2D eigenvalue weighted by Crippen LogP contribution is -2.69. The Morgan fingerprint density at radius 2 is 0.390 bits per heavy atom. The predicted molar refractivity (Wildman–Crippen MR) is 308 cm³/mol. The maximum absolute atomic E-state index is 12.1. The van der Waals surface area contributed by atoms with E-state index in [4.69, 9.17) is 99.5 Å². The number of ether oxygens (including phenoxy) is 21. The third kappa shape index (κ3) is 21.3. The first-order valence-corrected chi connectivity index (χ1v) is 31.9. The highest BCUT2D eigenvalue weighted by atomic mass is 16.8. The number of carboxylic acid groups (broad SMARTS) is 7. The highest BCUT2D eigenvalue weighted by Crippen LogP contribution is 2.41. The minimum Gasteiger partial charge on any atom is -0.480 e. The van der Waals surface area contributed by atoms with Gasteiger partial charge in [-0.25, -0.2) is 33.6 Å². The first-order valence-electron chi connectivity index (χ1n) is 31.9. The molecule has 21 N–H and O–H groups in total. The Bertz CT molecular complexity index is 2760. The van der Waals surface area contributed by atoms with Gasteiger partial charge in [-0.3, -0.25) is 0 Å². The molecule has 49 heteroatoms. The van der Waals surface area contributed by atoms with Gasteiger partial charge < -0.3 is 207 Å². The third-order valence-electron chi connectivity index (χ3n) is 17.3. The van der Waals surface area contributed by atoms with Gasteiger partial charge in [-0.15, -0.1) is 0 Å². The molecule has 0 aromatic heterocycles. The van der Waals surface area contributed by atoms with Gasteiger partial charge >= 0.3 is 41.8 Å². The Morgan fingerprint density at radius 3 is 0.571 bits per heavy atom. The molecule has 21 rings (SSSR count). The molecule has 0 aromatic carbocycles. The molecule has 0 aliphatic carbocycles. The van der Waals surface area contributed by atoms with Crippen molar-refractivity contribution in [3.05, 3.63) is 0 Å². The van der Waals surface area contributed by atoms with Crippen molar-refractivity contribution in [3.8, 4) is 0 Å². The number of carbonyl (C=O) groups is 7. The molecule has 0 saturated carbocycles. The summed E-state index contributed by atoms with van der Waals surface area (Å²) < 4.78 is 121. The quantitative estimate of drug-likeness (QED) is 0.0346. The van der Waals surface area contributed by atoms with Crippen molar-refractivity contribution in [1.82, 2.24) is 0 Å². The molecule has 602 valence electrons. The van der Waals surface area contributed by atoms with Crippen molar-refractivity contribution in [2.75, 3.05) is 92.5 Å². The summed E-state index contributed by atoms with van der Waals surface area (Å²) in [5.74, 6) is -11.8. The molecule has 0 aromatic rings. The number of carboxylic acids is 7. The van der Waals surface area contributed by atoms with Gasteiger partial charge in [0.1, 0.15) is 217 Å². The molecular weight excluding hydrogens is 1460 g/mol. The maximum Gasteiger partial charge on any atom is 0.329 e. The minimum atomic E-state index is -2.48. The van der Waals surface area contributed by atoms with E-state index >= 15 is 0 Å². The van der Waals surface area contributed by atoms with Crippen molar-refractivity contribution in [2.24, 2.45) is 0 Å². The number of rotatable bonds is 28. The highest BCUT2D eigenvalue weighted by Gasteiger charge is 2.61. The smallest absolute Gasteiger partial charge is 0.329 e. The summed E-state index contributed by atoms with van der Waals surface area (Å²) in [6.07, 6.45) is -78.6. The van der Waals surface area contributed by atoms with Crippen LogP contribution in [0.2, 0.25) is 0 Å². The van der Waals surface area contributed by atoms with E-state index in [1.807, 2.05) is 0 Å². The summed E-state index contributed by atoms with van der Waals surface area (Å²) in [5, 5.41) is 231. The van der Waals surface area contributed by atoms with Crippen LogP contribution in [0.15, 0.2) is 0 Å². The lowest BCUT2D eigenvalue weighted by molar-refractivity contribution is -0.400. The fourth-order valence-electron chi connectivity index (χ4n) is 12.5. The molecule has 14 bridgehead atoms. The van der Waals surface area contributed by atoms with Crippen LogP contribution in [0.5, 0.6) is 0 Å². The first-order chi connectivity index (χ1) is 49.8. The average Bonchev–Trinajstić information content (AvgIpc) is 0.781. The lowest BCUT2D eigenvalue weighted by atomic mass is 9.94. The molecule has 105 heavy (non-hydrogen) atoms. The zero-order chi connectivity index (χ0) is 77.0. The number of hydrogen-bond acceptors (Lipinski definition) is 42. The fraction of sp³-hybridized carbons (Fsp3) is 0.875. The van der Waals surface area contributed by atoms with Crippen LogP contribution >= 0.6 is 0 Å². The Morgan fingerprint density at radius 1 is 0.219 bits per heavy atom. The van der Waals surface area contributed by atoms with Gasteiger partial charge in [0.2, 0.25) is 0 Å². The first kappa shape index (κ1) is 85.5. The number of hydrogen-bond donors (Lipinski definition) is 21. The Hall–Kier alpha value is -5.11. The molecule has 21 heterocycles. The number of aliphatic hydroxyl groups is 14. The van der Waals surface area contributed by atoms with Crippen LogP contribution in [-0.4, -0.2) is 456 Å². The molecule has 21 aliphatic rings. The monoisotopic (exact) mass is 1540 g/mol. The van der Waals surface area contributed by atoms with Gasteiger partial charge in [-0.05, 0) is 0 Å². The van der Waals surface area contributed by atoms with Crippen molar-refractivity contribution in [3.63, 3.8) is 0 Å². The molecule has 0 radical (unpaired) electrons. The van der Waals surface area contributed by atoms with Gasteiger partial charge in [0.15, 0.2) is 44.0 Å². The van der Waals surface area contributed by atoms with Gasteiger partial charge in [0, 0.05) is 0 Å². The average molecular weight is 1540 g/mol. The normalized spacial score (nSPS) is 43.5. The minimum absolute atomic E-state index is 0.993. The second kappa shape index (κ2) is 39.0. The number of aliphatic carboxylic acids is 7. The van der Waals surface area contributed by atoms with Gasteiger partial charge in [0.25, 0.3) is 0 Å². The van der Waals surface area contributed by atoms with Crippen LogP contribution < -0.4 is 0 Å². The molecule has 21 saturated heterocycles. The summed E-state index contributed by atoms with van der Waals surface area (Å²) in [6.45, 7) is -16.8. The zero-order valence-corrected chi connectivity index (χ0v) is 54.4. The molecule has 35 atom stereocenters. The lowest BCUT2D eigenvalue weighted by Gasteiger charge is -2.51. The van der Waals surface area contributed by atoms with E-state index in [1.165, 1.54) is 0 Å². The van der Waals surface area contributed by atoms with Crippen molar-refractivity contribution in [1.29, 1.82) is 0 Å². The van der Waals surface area contributed by atoms with Gasteiger partial charge in [-0.1, -0.05) is 0 Å². The van der Waals surface area contributed by atoms with Gasteiger partial charge in [-0.2, -0.15) is 0 Å². The van der Waals surface area contributed by atoms with E-state index in [2.05, 4.69) is 0 Å². The summed E-state index contributed by atoms with van der Waals surface area (Å²) in [4.78, 5) is 83.5. The van der Waals surface area contributed by atoms with Crippen molar-refractivity contribution in [2.45, 2.75) is 215 Å². The molecule has 0 amide bonds. The largest absolute Gasteiger partial charge is 0.480 e. The zero-order valence-electron chi connectivity index (χ0n) is 54.4. The summed E-state index contributed by atoms with van der Waals surface area (Å²) >= 11 is 0.